The van der Waals surface area contributed by atoms with Crippen molar-refractivity contribution in [3.05, 3.63) is 196 Å². The van der Waals surface area contributed by atoms with Crippen molar-refractivity contribution in [2.45, 2.75) is 34.6 Å². The number of nitrogens with zero attached hydrogens (tertiary/aromatic N) is 4. The van der Waals surface area contributed by atoms with Crippen LogP contribution in [0.1, 0.15) is 33.4 Å². The second-order valence-corrected chi connectivity index (χ2v) is 16.1. The summed E-state index contributed by atoms with van der Waals surface area (Å²) < 4.78 is 4.74. The molecule has 0 unspecified atom stereocenters. The molecule has 0 spiro atoms. The third-order valence-corrected chi connectivity index (χ3v) is 11.7. The monoisotopic (exact) mass is 756 g/mol. The minimum Gasteiger partial charge on any atom is -0.308 e. The molecular weight excluding hydrogens is 717 g/mol. The molecule has 4 heteroatoms. The van der Waals surface area contributed by atoms with Gasteiger partial charge >= 0.3 is 0 Å². The maximum Gasteiger partial charge on any atom is 0.197 e. The van der Waals surface area contributed by atoms with E-state index in [1.54, 1.807) is 0 Å². The lowest BCUT2D eigenvalue weighted by Crippen LogP contribution is -2.04. The molecule has 8 aromatic carbocycles. The molecule has 0 aliphatic rings. The number of hydrogen-bond donors (Lipinski definition) is 0. The SMILES string of the molecule is [C-]#[N+]c1cc(-n2c3ccccc3c3ccc(-c4cc(C)cc(C)c4)cc32)c(-n2c3ccccc3c3ccc(-c4cc(C)cc(C)c4)cc32)cc1-c1cc(C)cc(C#N)c1. The minimum atomic E-state index is 0.520. The molecule has 2 aromatic heterocycles. The summed E-state index contributed by atoms with van der Waals surface area (Å²) in [6.07, 6.45) is 0. The fourth-order valence-electron chi connectivity index (χ4n) is 9.35. The van der Waals surface area contributed by atoms with E-state index in [1.165, 1.54) is 33.4 Å². The lowest BCUT2D eigenvalue weighted by molar-refractivity contribution is 1.10. The van der Waals surface area contributed by atoms with Crippen LogP contribution in [0.4, 0.5) is 5.69 Å². The molecule has 0 bridgehead atoms. The van der Waals surface area contributed by atoms with Gasteiger partial charge in [0, 0.05) is 21.5 Å². The third-order valence-electron chi connectivity index (χ3n) is 11.7. The first-order chi connectivity index (χ1) is 28.7. The standard InChI is InChI=1S/C55H40N4/c1-33-19-34(2)23-41(22-33)39-15-17-46-44-11-7-9-13-50(44)58(52(46)28-39)54-30-48(43-26-37(5)21-38(27-43)32-56)49(57-6)31-55(54)59-51-14-10-8-12-45(51)47-18-16-40(29-53(47)59)42-24-35(3)20-36(4)25-42/h7-31H,1-5H3. The van der Waals surface area contributed by atoms with Gasteiger partial charge < -0.3 is 9.13 Å². The van der Waals surface area contributed by atoms with Gasteiger partial charge in [-0.25, -0.2) is 4.85 Å². The van der Waals surface area contributed by atoms with Crippen molar-refractivity contribution in [1.29, 1.82) is 5.26 Å². The maximum atomic E-state index is 10.0. The average Bonchev–Trinajstić information content (AvgIpc) is 3.74. The number of nitriles is 1. The van der Waals surface area contributed by atoms with Crippen molar-refractivity contribution < 1.29 is 0 Å². The first-order valence-electron chi connectivity index (χ1n) is 20.0. The number of rotatable bonds is 5. The predicted octanol–water partition coefficient (Wildman–Crippen LogP) is 14.8. The third kappa shape index (κ3) is 5.97. The van der Waals surface area contributed by atoms with Gasteiger partial charge in [-0.1, -0.05) is 125 Å². The molecule has 10 rings (SSSR count). The summed E-state index contributed by atoms with van der Waals surface area (Å²) in [6.45, 7) is 19.2. The molecular formula is C55H40N4. The zero-order valence-corrected chi connectivity index (χ0v) is 33.7. The Morgan fingerprint density at radius 3 is 1.36 bits per heavy atom. The molecule has 4 nitrogen and oxygen atoms in total. The molecule has 0 atom stereocenters. The summed E-state index contributed by atoms with van der Waals surface area (Å²) in [6, 6.07) is 56.7. The average molecular weight is 757 g/mol. The topological polar surface area (TPSA) is 38.0 Å². The van der Waals surface area contributed by atoms with Crippen LogP contribution in [0.5, 0.6) is 0 Å². The smallest absolute Gasteiger partial charge is 0.197 e. The van der Waals surface area contributed by atoms with Crippen molar-refractivity contribution in [2.24, 2.45) is 0 Å². The van der Waals surface area contributed by atoms with E-state index in [0.717, 1.165) is 82.8 Å². The van der Waals surface area contributed by atoms with Crippen LogP contribution < -0.4 is 0 Å². The van der Waals surface area contributed by atoms with E-state index in [4.69, 9.17) is 6.57 Å². The Bertz CT molecular complexity index is 3430. The van der Waals surface area contributed by atoms with Crippen molar-refractivity contribution in [1.82, 2.24) is 9.13 Å². The predicted molar refractivity (Wildman–Crippen MR) is 246 cm³/mol. The Morgan fingerprint density at radius 1 is 0.424 bits per heavy atom. The highest BCUT2D eigenvalue weighted by atomic mass is 15.1. The van der Waals surface area contributed by atoms with Gasteiger partial charge in [0.1, 0.15) is 0 Å². The molecule has 0 saturated heterocycles. The van der Waals surface area contributed by atoms with Gasteiger partial charge in [-0.15, -0.1) is 0 Å². The summed E-state index contributed by atoms with van der Waals surface area (Å²) in [4.78, 5) is 4.21. The molecule has 59 heavy (non-hydrogen) atoms. The van der Waals surface area contributed by atoms with Crippen LogP contribution in [-0.2, 0) is 0 Å². The van der Waals surface area contributed by atoms with E-state index in [2.05, 4.69) is 187 Å². The molecule has 0 fully saturated rings. The first kappa shape index (κ1) is 35.7. The number of hydrogen-bond acceptors (Lipinski definition) is 1. The van der Waals surface area contributed by atoms with Crippen molar-refractivity contribution in [3.63, 3.8) is 0 Å². The summed E-state index contributed by atoms with van der Waals surface area (Å²) >= 11 is 0. The Kier molecular flexibility index (Phi) is 8.34. The maximum absolute atomic E-state index is 10.0. The normalized spacial score (nSPS) is 11.4. The molecule has 0 aliphatic heterocycles. The van der Waals surface area contributed by atoms with E-state index >= 15 is 0 Å². The molecule has 0 saturated carbocycles. The largest absolute Gasteiger partial charge is 0.308 e. The van der Waals surface area contributed by atoms with Gasteiger partial charge in [-0.05, 0) is 122 Å². The highest BCUT2D eigenvalue weighted by molar-refractivity contribution is 6.13. The summed E-state index contributed by atoms with van der Waals surface area (Å²) in [5.74, 6) is 0. The number of para-hydroxylation sites is 2. The molecule has 0 amide bonds. The number of aryl methyl sites for hydroxylation is 5. The Labute approximate surface area is 344 Å². The molecule has 280 valence electrons. The molecule has 0 radical (unpaired) electrons. The van der Waals surface area contributed by atoms with Gasteiger partial charge in [0.25, 0.3) is 0 Å². The van der Waals surface area contributed by atoms with E-state index < -0.39 is 0 Å². The van der Waals surface area contributed by atoms with E-state index in [9.17, 15) is 5.26 Å². The Balaban J connectivity index is 1.37. The summed E-state index contributed by atoms with van der Waals surface area (Å²) in [7, 11) is 0. The number of fused-ring (bicyclic) bond motifs is 6. The van der Waals surface area contributed by atoms with Crippen LogP contribution in [0.3, 0.4) is 0 Å². The fraction of sp³-hybridized carbons (Fsp3) is 0.0909. The van der Waals surface area contributed by atoms with Gasteiger partial charge in [-0.2, -0.15) is 5.26 Å². The zero-order chi connectivity index (χ0) is 40.5. The fourth-order valence-corrected chi connectivity index (χ4v) is 9.35. The van der Waals surface area contributed by atoms with Crippen molar-refractivity contribution >= 4 is 49.3 Å². The lowest BCUT2D eigenvalue weighted by atomic mass is 9.97. The first-order valence-corrected chi connectivity index (χ1v) is 20.0. The van der Waals surface area contributed by atoms with Crippen molar-refractivity contribution in [2.75, 3.05) is 0 Å². The van der Waals surface area contributed by atoms with E-state index in [-0.39, 0.29) is 0 Å². The minimum absolute atomic E-state index is 0.520. The van der Waals surface area contributed by atoms with Crippen LogP contribution in [0.25, 0.3) is 93.2 Å². The second kappa shape index (κ2) is 13.8. The highest BCUT2D eigenvalue weighted by Crippen LogP contribution is 2.44. The van der Waals surface area contributed by atoms with Gasteiger partial charge in [-0.3, -0.25) is 0 Å². The highest BCUT2D eigenvalue weighted by Gasteiger charge is 2.23. The summed E-state index contributed by atoms with van der Waals surface area (Å²) in [5, 5.41) is 14.6. The number of aromatic nitrogens is 2. The lowest BCUT2D eigenvalue weighted by Gasteiger charge is -2.20. The van der Waals surface area contributed by atoms with E-state index in [1.807, 2.05) is 19.1 Å². The molecule has 0 aliphatic carbocycles. The number of benzene rings is 8. The molecule has 2 heterocycles. The second-order valence-electron chi connectivity index (χ2n) is 16.1. The van der Waals surface area contributed by atoms with Crippen LogP contribution in [0.2, 0.25) is 0 Å². The van der Waals surface area contributed by atoms with Crippen LogP contribution in [-0.4, -0.2) is 9.13 Å². The van der Waals surface area contributed by atoms with Crippen molar-refractivity contribution in [3.8, 4) is 50.8 Å². The van der Waals surface area contributed by atoms with Gasteiger partial charge in [0.05, 0.1) is 51.6 Å². The molecule has 10 aromatic rings. The zero-order valence-electron chi connectivity index (χ0n) is 33.7. The van der Waals surface area contributed by atoms with Gasteiger partial charge in [0.2, 0.25) is 0 Å². The van der Waals surface area contributed by atoms with Crippen LogP contribution in [0.15, 0.2) is 152 Å². The quantitative estimate of drug-likeness (QED) is 0.161. The summed E-state index contributed by atoms with van der Waals surface area (Å²) in [5.41, 5.74) is 19.3. The molecule has 0 N–H and O–H groups in total. The van der Waals surface area contributed by atoms with Crippen LogP contribution in [0, 0.1) is 52.5 Å². The Hall–Kier alpha value is -7.66. The Morgan fingerprint density at radius 2 is 0.864 bits per heavy atom. The van der Waals surface area contributed by atoms with Gasteiger partial charge in [0.15, 0.2) is 5.69 Å². The van der Waals surface area contributed by atoms with Crippen LogP contribution >= 0.6 is 0 Å². The van der Waals surface area contributed by atoms with E-state index in [0.29, 0.717) is 11.3 Å².